The highest BCUT2D eigenvalue weighted by atomic mass is 16.4. The minimum atomic E-state index is 0.649. The van der Waals surface area contributed by atoms with E-state index in [-0.39, 0.29) is 0 Å². The zero-order valence-electron chi connectivity index (χ0n) is 10.8. The van der Waals surface area contributed by atoms with Gasteiger partial charge in [-0.15, -0.1) is 0 Å². The molecule has 0 saturated heterocycles. The molecule has 96 valence electrons. The van der Waals surface area contributed by atoms with Gasteiger partial charge in [0.15, 0.2) is 0 Å². The van der Waals surface area contributed by atoms with Crippen LogP contribution in [0, 0.1) is 0 Å². The van der Waals surface area contributed by atoms with E-state index in [9.17, 15) is 0 Å². The lowest BCUT2D eigenvalue weighted by molar-refractivity contribution is 0.543. The van der Waals surface area contributed by atoms with Gasteiger partial charge in [0.05, 0.1) is 5.69 Å². The molecule has 0 amide bonds. The Balaban J connectivity index is 1.89. The molecule has 5 heteroatoms. The predicted octanol–water partition coefficient (Wildman–Crippen LogP) is 1.47. The molecule has 0 saturated carbocycles. The van der Waals surface area contributed by atoms with E-state index in [1.807, 2.05) is 43.4 Å². The van der Waals surface area contributed by atoms with Crippen molar-refractivity contribution < 1.29 is 4.42 Å². The van der Waals surface area contributed by atoms with E-state index in [4.69, 9.17) is 4.42 Å². The molecule has 5 nitrogen and oxygen atoms in total. The van der Waals surface area contributed by atoms with Gasteiger partial charge in [0.1, 0.15) is 6.26 Å². The van der Waals surface area contributed by atoms with E-state index < -0.39 is 0 Å². The molecule has 0 aliphatic carbocycles. The molecule has 18 heavy (non-hydrogen) atoms. The molecule has 0 spiro atoms. The molecule has 1 N–H and O–H groups in total. The largest absolute Gasteiger partial charge is 0.432 e. The van der Waals surface area contributed by atoms with Gasteiger partial charge in [0.25, 0.3) is 6.01 Å². The molecular weight excluding hydrogens is 228 g/mol. The first-order chi connectivity index (χ1) is 8.79. The van der Waals surface area contributed by atoms with E-state index in [1.165, 1.54) is 0 Å². The van der Waals surface area contributed by atoms with Gasteiger partial charge in [-0.2, -0.15) is 4.98 Å². The van der Waals surface area contributed by atoms with Crippen molar-refractivity contribution in [1.82, 2.24) is 15.3 Å². The molecule has 0 fully saturated rings. The van der Waals surface area contributed by atoms with Gasteiger partial charge in [0, 0.05) is 38.4 Å². The number of likely N-dealkylation sites (N-methyl/N-ethyl adjacent to an activating group) is 1. The SMILES string of the molecule is CNCc1coc(N(C)CCc2ccccn2)n1. The Bertz CT molecular complexity index is 469. The summed E-state index contributed by atoms with van der Waals surface area (Å²) in [5, 5.41) is 3.04. The van der Waals surface area contributed by atoms with Gasteiger partial charge in [-0.25, -0.2) is 0 Å². The summed E-state index contributed by atoms with van der Waals surface area (Å²) in [6.07, 6.45) is 4.37. The molecule has 0 radical (unpaired) electrons. The lowest BCUT2D eigenvalue weighted by Crippen LogP contribution is -2.21. The molecule has 0 aliphatic heterocycles. The second-order valence-corrected chi connectivity index (χ2v) is 4.14. The fourth-order valence-electron chi connectivity index (χ4n) is 1.66. The zero-order chi connectivity index (χ0) is 12.8. The normalized spacial score (nSPS) is 10.6. The Morgan fingerprint density at radius 2 is 2.22 bits per heavy atom. The molecule has 2 heterocycles. The van der Waals surface area contributed by atoms with E-state index >= 15 is 0 Å². The monoisotopic (exact) mass is 246 g/mol. The second kappa shape index (κ2) is 6.16. The van der Waals surface area contributed by atoms with Crippen LogP contribution in [0.1, 0.15) is 11.4 Å². The van der Waals surface area contributed by atoms with E-state index in [0.29, 0.717) is 6.01 Å². The first-order valence-corrected chi connectivity index (χ1v) is 5.99. The van der Waals surface area contributed by atoms with E-state index in [0.717, 1.165) is 30.9 Å². The number of rotatable bonds is 6. The number of nitrogens with one attached hydrogen (secondary N) is 1. The summed E-state index contributed by atoms with van der Waals surface area (Å²) >= 11 is 0. The van der Waals surface area contributed by atoms with E-state index in [2.05, 4.69) is 15.3 Å². The van der Waals surface area contributed by atoms with Crippen molar-refractivity contribution in [3.05, 3.63) is 42.0 Å². The third-order valence-electron chi connectivity index (χ3n) is 2.65. The Morgan fingerprint density at radius 3 is 2.94 bits per heavy atom. The van der Waals surface area contributed by atoms with E-state index in [1.54, 1.807) is 6.26 Å². The summed E-state index contributed by atoms with van der Waals surface area (Å²) in [5.41, 5.74) is 1.99. The maximum atomic E-state index is 5.42. The molecule has 2 aromatic heterocycles. The second-order valence-electron chi connectivity index (χ2n) is 4.14. The number of hydrogen-bond donors (Lipinski definition) is 1. The third kappa shape index (κ3) is 3.30. The van der Waals surface area contributed by atoms with Crippen LogP contribution in [0.4, 0.5) is 6.01 Å². The maximum Gasteiger partial charge on any atom is 0.297 e. The highest BCUT2D eigenvalue weighted by molar-refractivity contribution is 5.25. The minimum absolute atomic E-state index is 0.649. The summed E-state index contributed by atoms with van der Waals surface area (Å²) in [6.45, 7) is 1.55. The van der Waals surface area contributed by atoms with Crippen molar-refractivity contribution in [3.63, 3.8) is 0 Å². The summed E-state index contributed by atoms with van der Waals surface area (Å²) in [7, 11) is 3.86. The fraction of sp³-hybridized carbons (Fsp3) is 0.385. The number of nitrogens with zero attached hydrogens (tertiary/aromatic N) is 3. The van der Waals surface area contributed by atoms with Gasteiger partial charge >= 0.3 is 0 Å². The average molecular weight is 246 g/mol. The number of anilines is 1. The zero-order valence-corrected chi connectivity index (χ0v) is 10.8. The fourth-order valence-corrected chi connectivity index (χ4v) is 1.66. The summed E-state index contributed by atoms with van der Waals surface area (Å²) in [5.74, 6) is 0. The van der Waals surface area contributed by atoms with Crippen LogP contribution in [-0.4, -0.2) is 30.6 Å². The molecule has 2 aromatic rings. The van der Waals surface area contributed by atoms with Crippen molar-refractivity contribution in [1.29, 1.82) is 0 Å². The van der Waals surface area contributed by atoms with Gasteiger partial charge in [-0.1, -0.05) is 6.07 Å². The van der Waals surface area contributed by atoms with Crippen molar-refractivity contribution in [2.75, 3.05) is 25.5 Å². The predicted molar refractivity (Wildman–Crippen MR) is 70.5 cm³/mol. The molecule has 0 bridgehead atoms. The van der Waals surface area contributed by atoms with Crippen LogP contribution >= 0.6 is 0 Å². The van der Waals surface area contributed by atoms with Crippen LogP contribution in [0.15, 0.2) is 35.1 Å². The van der Waals surface area contributed by atoms with Crippen molar-refractivity contribution >= 4 is 6.01 Å². The van der Waals surface area contributed by atoms with Gasteiger partial charge in [-0.3, -0.25) is 4.98 Å². The van der Waals surface area contributed by atoms with Crippen molar-refractivity contribution in [3.8, 4) is 0 Å². The first kappa shape index (κ1) is 12.6. The molecule has 2 rings (SSSR count). The van der Waals surface area contributed by atoms with Crippen LogP contribution in [0.2, 0.25) is 0 Å². The molecule has 0 unspecified atom stereocenters. The number of aromatic nitrogens is 2. The molecule has 0 atom stereocenters. The Hall–Kier alpha value is -1.88. The standard InChI is InChI=1S/C13H18N4O/c1-14-9-12-10-18-13(16-12)17(2)8-6-11-5-3-4-7-15-11/h3-5,7,10,14H,6,8-9H2,1-2H3. The Morgan fingerprint density at radius 1 is 1.33 bits per heavy atom. The Labute approximate surface area is 107 Å². The highest BCUT2D eigenvalue weighted by Crippen LogP contribution is 2.12. The van der Waals surface area contributed by atoms with Crippen molar-refractivity contribution in [2.45, 2.75) is 13.0 Å². The summed E-state index contributed by atoms with van der Waals surface area (Å²) in [4.78, 5) is 10.7. The lowest BCUT2D eigenvalue weighted by Gasteiger charge is -2.13. The maximum absolute atomic E-state index is 5.42. The topological polar surface area (TPSA) is 54.2 Å². The minimum Gasteiger partial charge on any atom is -0.432 e. The van der Waals surface area contributed by atoms with Crippen molar-refractivity contribution in [2.24, 2.45) is 0 Å². The van der Waals surface area contributed by atoms with Gasteiger partial charge in [0.2, 0.25) is 0 Å². The van der Waals surface area contributed by atoms with Crippen LogP contribution in [-0.2, 0) is 13.0 Å². The number of pyridine rings is 1. The third-order valence-corrected chi connectivity index (χ3v) is 2.65. The van der Waals surface area contributed by atoms with Crippen LogP contribution in [0.25, 0.3) is 0 Å². The highest BCUT2D eigenvalue weighted by Gasteiger charge is 2.08. The van der Waals surface area contributed by atoms with Gasteiger partial charge < -0.3 is 14.6 Å². The molecule has 0 aromatic carbocycles. The summed E-state index contributed by atoms with van der Waals surface area (Å²) < 4.78 is 5.42. The lowest BCUT2D eigenvalue weighted by atomic mass is 10.2. The quantitative estimate of drug-likeness (QED) is 0.836. The van der Waals surface area contributed by atoms with Crippen LogP contribution < -0.4 is 10.2 Å². The summed E-state index contributed by atoms with van der Waals surface area (Å²) in [6, 6.07) is 6.59. The number of hydrogen-bond acceptors (Lipinski definition) is 5. The van der Waals surface area contributed by atoms with Crippen LogP contribution in [0.3, 0.4) is 0 Å². The Kier molecular flexibility index (Phi) is 4.30. The molecular formula is C13H18N4O. The van der Waals surface area contributed by atoms with Gasteiger partial charge in [-0.05, 0) is 19.2 Å². The van der Waals surface area contributed by atoms with Crippen LogP contribution in [0.5, 0.6) is 0 Å². The average Bonchev–Trinajstić information content (AvgIpc) is 2.86. The smallest absolute Gasteiger partial charge is 0.297 e. The number of oxazole rings is 1. The first-order valence-electron chi connectivity index (χ1n) is 5.99. The molecule has 0 aliphatic rings.